The van der Waals surface area contributed by atoms with E-state index in [0.29, 0.717) is 5.03 Å². The monoisotopic (exact) mass is 462 g/mol. The van der Waals surface area contributed by atoms with Crippen LogP contribution in [-0.2, 0) is 10.9 Å². The fourth-order valence-corrected chi connectivity index (χ4v) is 3.81. The number of nitrogens with zero attached hydrogens (tertiary/aromatic N) is 2. The molecule has 11 heteroatoms. The minimum absolute atomic E-state index is 0.0173. The Morgan fingerprint density at radius 3 is 2.29 bits per heavy atom. The molecule has 0 N–H and O–H groups in total. The van der Waals surface area contributed by atoms with Crippen LogP contribution in [0.5, 0.6) is 0 Å². The summed E-state index contributed by atoms with van der Waals surface area (Å²) in [6.45, 7) is 0. The highest BCUT2D eigenvalue weighted by Gasteiger charge is 2.33. The molecule has 0 saturated heterocycles. The highest BCUT2D eigenvalue weighted by Crippen LogP contribution is 2.39. The molecule has 0 amide bonds. The molecule has 0 bridgehead atoms. The van der Waals surface area contributed by atoms with E-state index in [2.05, 4.69) is 25.8 Å². The van der Waals surface area contributed by atoms with Crippen molar-refractivity contribution in [1.29, 1.82) is 0 Å². The molecule has 0 atom stereocenters. The SMILES string of the molecule is COC(=O)c1c(SC)nn(-c2c(Cl)cc(C(F)(F)F)cc2Cl)c1Br. The number of rotatable bonds is 3. The second kappa shape index (κ2) is 7.15. The third kappa shape index (κ3) is 3.54. The maximum absolute atomic E-state index is 12.8. The van der Waals surface area contributed by atoms with Crippen molar-refractivity contribution in [3.05, 3.63) is 37.9 Å². The lowest BCUT2D eigenvalue weighted by Crippen LogP contribution is -2.07. The molecule has 0 radical (unpaired) electrons. The zero-order valence-corrected chi connectivity index (χ0v) is 16.0. The van der Waals surface area contributed by atoms with Gasteiger partial charge in [-0.3, -0.25) is 0 Å². The topological polar surface area (TPSA) is 44.1 Å². The number of esters is 1. The van der Waals surface area contributed by atoms with E-state index in [4.69, 9.17) is 23.2 Å². The lowest BCUT2D eigenvalue weighted by Gasteiger charge is -2.13. The first kappa shape index (κ1) is 19.4. The van der Waals surface area contributed by atoms with Gasteiger partial charge in [0, 0.05) is 0 Å². The average molecular weight is 464 g/mol. The number of methoxy groups -OCH3 is 1. The number of thioether (sulfide) groups is 1. The number of carbonyl (C=O) groups is 1. The summed E-state index contributed by atoms with van der Waals surface area (Å²) >= 11 is 16.3. The van der Waals surface area contributed by atoms with E-state index in [1.54, 1.807) is 6.26 Å². The van der Waals surface area contributed by atoms with Crippen LogP contribution in [0.4, 0.5) is 13.2 Å². The highest BCUT2D eigenvalue weighted by molar-refractivity contribution is 9.10. The van der Waals surface area contributed by atoms with Crippen molar-refractivity contribution in [1.82, 2.24) is 9.78 Å². The number of hydrogen-bond acceptors (Lipinski definition) is 4. The Hall–Kier alpha value is -0.900. The molecule has 4 nitrogen and oxygen atoms in total. The van der Waals surface area contributed by atoms with Crippen LogP contribution in [0.1, 0.15) is 15.9 Å². The van der Waals surface area contributed by atoms with Crippen LogP contribution in [-0.4, -0.2) is 29.1 Å². The number of alkyl halides is 3. The molecule has 24 heavy (non-hydrogen) atoms. The Balaban J connectivity index is 2.70. The molecular weight excluding hydrogens is 456 g/mol. The largest absolute Gasteiger partial charge is 0.465 e. The van der Waals surface area contributed by atoms with Gasteiger partial charge in [0.1, 0.15) is 20.9 Å². The second-order valence-corrected chi connectivity index (χ2v) is 6.73. The third-order valence-corrected chi connectivity index (χ3v) is 4.92. The predicted molar refractivity (Wildman–Crippen MR) is 89.4 cm³/mol. The van der Waals surface area contributed by atoms with Gasteiger partial charge in [-0.05, 0) is 34.3 Å². The van der Waals surface area contributed by atoms with Gasteiger partial charge in [-0.1, -0.05) is 23.2 Å². The van der Waals surface area contributed by atoms with Gasteiger partial charge in [0.2, 0.25) is 0 Å². The molecule has 0 fully saturated rings. The molecule has 1 heterocycles. The molecule has 0 saturated carbocycles. The van der Waals surface area contributed by atoms with Gasteiger partial charge < -0.3 is 4.74 Å². The molecule has 1 aromatic heterocycles. The standard InChI is InChI=1S/C13H8BrCl2F3N2O2S/c1-23-12(22)8-10(14)21(20-11(8)24-2)9-6(15)3-5(4-7(9)16)13(17,18)19/h3-4H,1-2H3. The Morgan fingerprint density at radius 1 is 1.33 bits per heavy atom. The molecule has 1 aromatic carbocycles. The van der Waals surface area contributed by atoms with Crippen LogP contribution in [0.25, 0.3) is 5.69 Å². The fraction of sp³-hybridized carbons (Fsp3) is 0.231. The van der Waals surface area contributed by atoms with Crippen molar-refractivity contribution < 1.29 is 22.7 Å². The van der Waals surface area contributed by atoms with E-state index in [-0.39, 0.29) is 25.9 Å². The van der Waals surface area contributed by atoms with E-state index >= 15 is 0 Å². The normalized spacial score (nSPS) is 11.7. The van der Waals surface area contributed by atoms with Gasteiger partial charge in [-0.15, -0.1) is 11.8 Å². The minimum Gasteiger partial charge on any atom is -0.465 e. The summed E-state index contributed by atoms with van der Waals surface area (Å²) in [5, 5.41) is 3.95. The van der Waals surface area contributed by atoms with E-state index < -0.39 is 17.7 Å². The fourth-order valence-electron chi connectivity index (χ4n) is 1.88. The van der Waals surface area contributed by atoms with Crippen LogP contribution in [0.3, 0.4) is 0 Å². The Bertz CT molecular complexity index is 788. The molecular formula is C13H8BrCl2F3N2O2S. The number of benzene rings is 1. The van der Waals surface area contributed by atoms with Gasteiger partial charge >= 0.3 is 12.1 Å². The zero-order valence-electron chi connectivity index (χ0n) is 12.0. The lowest BCUT2D eigenvalue weighted by molar-refractivity contribution is -0.137. The van der Waals surface area contributed by atoms with E-state index in [0.717, 1.165) is 28.6 Å². The smallest absolute Gasteiger partial charge is 0.416 e. The Labute approximate surface area is 157 Å². The molecule has 0 aliphatic rings. The van der Waals surface area contributed by atoms with Crippen LogP contribution < -0.4 is 0 Å². The third-order valence-electron chi connectivity index (χ3n) is 2.94. The van der Waals surface area contributed by atoms with E-state index in [1.807, 2.05) is 0 Å². The lowest BCUT2D eigenvalue weighted by atomic mass is 10.2. The number of ether oxygens (including phenoxy) is 1. The summed E-state index contributed by atoms with van der Waals surface area (Å²) in [5.74, 6) is -0.656. The number of halogens is 6. The number of carbonyl (C=O) groups excluding carboxylic acids is 1. The maximum atomic E-state index is 12.8. The molecule has 2 rings (SSSR count). The van der Waals surface area contributed by atoms with Gasteiger partial charge in [0.25, 0.3) is 0 Å². The van der Waals surface area contributed by atoms with Crippen molar-refractivity contribution in [2.45, 2.75) is 11.2 Å². The van der Waals surface area contributed by atoms with Crippen LogP contribution in [0.15, 0.2) is 21.8 Å². The summed E-state index contributed by atoms with van der Waals surface area (Å²) in [6.07, 6.45) is -2.91. The summed E-state index contributed by atoms with van der Waals surface area (Å²) in [7, 11) is 1.20. The molecule has 130 valence electrons. The van der Waals surface area contributed by atoms with Crippen molar-refractivity contribution in [2.24, 2.45) is 0 Å². The summed E-state index contributed by atoms with van der Waals surface area (Å²) in [6, 6.07) is 1.49. The Kier molecular flexibility index (Phi) is 5.79. The summed E-state index contributed by atoms with van der Waals surface area (Å²) < 4.78 is 44.5. The van der Waals surface area contributed by atoms with Crippen molar-refractivity contribution >= 4 is 56.9 Å². The molecule has 0 unspecified atom stereocenters. The van der Waals surface area contributed by atoms with Gasteiger partial charge in [0.05, 0.1) is 22.7 Å². The average Bonchev–Trinajstić information content (AvgIpc) is 2.81. The summed E-state index contributed by atoms with van der Waals surface area (Å²) in [4.78, 5) is 11.9. The summed E-state index contributed by atoms with van der Waals surface area (Å²) in [5.41, 5.74) is -0.844. The van der Waals surface area contributed by atoms with Crippen LogP contribution >= 0.6 is 50.9 Å². The zero-order chi connectivity index (χ0) is 18.2. The van der Waals surface area contributed by atoms with Crippen LogP contribution in [0, 0.1) is 0 Å². The first-order chi connectivity index (χ1) is 11.1. The van der Waals surface area contributed by atoms with E-state index in [1.165, 1.54) is 7.11 Å². The van der Waals surface area contributed by atoms with Gasteiger partial charge in [0.15, 0.2) is 0 Å². The minimum atomic E-state index is -4.59. The van der Waals surface area contributed by atoms with Crippen molar-refractivity contribution in [3.63, 3.8) is 0 Å². The first-order valence-electron chi connectivity index (χ1n) is 6.09. The maximum Gasteiger partial charge on any atom is 0.416 e. The number of hydrogen-bond donors (Lipinski definition) is 0. The number of aromatic nitrogens is 2. The molecule has 2 aromatic rings. The highest BCUT2D eigenvalue weighted by atomic mass is 79.9. The van der Waals surface area contributed by atoms with Crippen molar-refractivity contribution in [2.75, 3.05) is 13.4 Å². The molecule has 0 aliphatic heterocycles. The Morgan fingerprint density at radius 2 is 1.88 bits per heavy atom. The van der Waals surface area contributed by atoms with Crippen LogP contribution in [0.2, 0.25) is 10.0 Å². The van der Waals surface area contributed by atoms with Crippen molar-refractivity contribution in [3.8, 4) is 5.69 Å². The van der Waals surface area contributed by atoms with Gasteiger partial charge in [-0.2, -0.15) is 18.3 Å². The quantitative estimate of drug-likeness (QED) is 0.447. The predicted octanol–water partition coefficient (Wildman–Crippen LogP) is 5.47. The van der Waals surface area contributed by atoms with E-state index in [9.17, 15) is 18.0 Å². The molecule has 0 aliphatic carbocycles. The second-order valence-electron chi connectivity index (χ2n) is 4.36. The van der Waals surface area contributed by atoms with Gasteiger partial charge in [-0.25, -0.2) is 9.48 Å². The first-order valence-corrected chi connectivity index (χ1v) is 8.86. The molecule has 0 spiro atoms.